The number of anilines is 3. The summed E-state index contributed by atoms with van der Waals surface area (Å²) in [6.07, 6.45) is 9.40. The van der Waals surface area contributed by atoms with E-state index in [0.717, 1.165) is 11.8 Å². The maximum Gasteiger partial charge on any atom is 0.0502 e. The zero-order chi connectivity index (χ0) is 40.1. The summed E-state index contributed by atoms with van der Waals surface area (Å²) in [4.78, 5) is 5.62. The minimum atomic E-state index is -0.0806. The molecule has 1 heterocycles. The molecule has 4 fully saturated rings. The summed E-state index contributed by atoms with van der Waals surface area (Å²) in [7, 11) is 0. The van der Waals surface area contributed by atoms with E-state index in [1.807, 2.05) is 11.8 Å². The Bertz CT molecular complexity index is 2670. The number of fused-ring (bicyclic) bond motifs is 6. The fraction of sp³-hybridized carbons (Fsp3) is 0.368. The smallest absolute Gasteiger partial charge is 0.0502 e. The predicted octanol–water partition coefficient (Wildman–Crippen LogP) is 15.7. The first-order chi connectivity index (χ1) is 28.4. The summed E-state index contributed by atoms with van der Waals surface area (Å²) in [5, 5.41) is 0. The van der Waals surface area contributed by atoms with E-state index in [-0.39, 0.29) is 21.7 Å². The minimum absolute atomic E-state index is 0.0477. The summed E-state index contributed by atoms with van der Waals surface area (Å²) in [5.41, 5.74) is 18.5. The third-order valence-corrected chi connectivity index (χ3v) is 17.9. The molecule has 2 heteroatoms. The van der Waals surface area contributed by atoms with Crippen LogP contribution < -0.4 is 4.90 Å². The van der Waals surface area contributed by atoms with Gasteiger partial charge in [0, 0.05) is 32.0 Å². The second-order valence-electron chi connectivity index (χ2n) is 21.2. The molecule has 0 amide bonds. The van der Waals surface area contributed by atoms with Crippen LogP contribution in [0.2, 0.25) is 0 Å². The Hall–Kier alpha value is -4.53. The van der Waals surface area contributed by atoms with Crippen LogP contribution in [0.4, 0.5) is 17.1 Å². The first kappa shape index (κ1) is 36.3. The lowest BCUT2D eigenvalue weighted by molar-refractivity contribution is -0.0443. The molecule has 0 aromatic heterocycles. The van der Waals surface area contributed by atoms with Gasteiger partial charge < -0.3 is 4.90 Å². The van der Waals surface area contributed by atoms with Gasteiger partial charge in [-0.3, -0.25) is 0 Å². The third-order valence-electron chi connectivity index (χ3n) is 16.7. The summed E-state index contributed by atoms with van der Waals surface area (Å²) < 4.78 is 0. The number of hydrogen-bond donors (Lipinski definition) is 0. The lowest BCUT2D eigenvalue weighted by Gasteiger charge is -2.63. The van der Waals surface area contributed by atoms with Gasteiger partial charge >= 0.3 is 0 Å². The lowest BCUT2D eigenvalue weighted by atomic mass is 9.42. The van der Waals surface area contributed by atoms with E-state index in [1.54, 1.807) is 11.1 Å². The van der Waals surface area contributed by atoms with Crippen LogP contribution in [0.25, 0.3) is 22.3 Å². The highest BCUT2D eigenvalue weighted by Crippen LogP contribution is 2.69. The molecule has 6 aromatic carbocycles. The molecule has 0 radical (unpaired) electrons. The molecule has 4 bridgehead atoms. The van der Waals surface area contributed by atoms with Crippen LogP contribution in [-0.2, 0) is 21.7 Å². The number of rotatable bonds is 4. The molecule has 6 aliphatic carbocycles. The largest absolute Gasteiger partial charge is 0.310 e. The minimum Gasteiger partial charge on any atom is -0.310 e. The summed E-state index contributed by atoms with van der Waals surface area (Å²) >= 11 is 2.04. The van der Waals surface area contributed by atoms with Gasteiger partial charge in [-0.15, -0.1) is 0 Å². The monoisotopic (exact) mass is 787 g/mol. The summed E-state index contributed by atoms with van der Waals surface area (Å²) in [5.74, 6) is 3.25. The van der Waals surface area contributed by atoms with Crippen LogP contribution in [0.15, 0.2) is 137 Å². The number of benzene rings is 6. The fourth-order valence-electron chi connectivity index (χ4n) is 14.1. The van der Waals surface area contributed by atoms with E-state index in [2.05, 4.69) is 174 Å². The van der Waals surface area contributed by atoms with Crippen molar-refractivity contribution in [3.05, 3.63) is 161 Å². The third kappa shape index (κ3) is 5.11. The molecule has 1 spiro atoms. The van der Waals surface area contributed by atoms with Crippen molar-refractivity contribution < 1.29 is 0 Å². The van der Waals surface area contributed by atoms with Crippen LogP contribution in [-0.4, -0.2) is 0 Å². The Morgan fingerprint density at radius 2 is 1.08 bits per heavy atom. The maximum absolute atomic E-state index is 2.67. The van der Waals surface area contributed by atoms with Crippen molar-refractivity contribution in [2.24, 2.45) is 23.7 Å². The molecule has 4 saturated carbocycles. The molecule has 7 aliphatic rings. The summed E-state index contributed by atoms with van der Waals surface area (Å²) in [6.45, 7) is 14.7. The Morgan fingerprint density at radius 3 is 1.85 bits per heavy atom. The first-order valence-electron chi connectivity index (χ1n) is 22.6. The van der Waals surface area contributed by atoms with Gasteiger partial charge in [0.2, 0.25) is 0 Å². The van der Waals surface area contributed by atoms with E-state index in [4.69, 9.17) is 0 Å². The van der Waals surface area contributed by atoms with Crippen molar-refractivity contribution in [1.29, 1.82) is 0 Å². The highest BCUT2D eigenvalue weighted by molar-refractivity contribution is 7.99. The topological polar surface area (TPSA) is 3.24 Å². The molecule has 6 aromatic rings. The molecular weight excluding hydrogens is 731 g/mol. The molecule has 0 saturated heterocycles. The van der Waals surface area contributed by atoms with E-state index >= 15 is 0 Å². The normalized spacial score (nSPS) is 26.7. The van der Waals surface area contributed by atoms with Gasteiger partial charge in [-0.25, -0.2) is 0 Å². The van der Waals surface area contributed by atoms with Gasteiger partial charge in [-0.2, -0.15) is 0 Å². The molecule has 13 rings (SSSR count). The molecule has 0 N–H and O–H groups in total. The average Bonchev–Trinajstić information content (AvgIpc) is 3.46. The molecule has 59 heavy (non-hydrogen) atoms. The predicted molar refractivity (Wildman–Crippen MR) is 248 cm³/mol. The van der Waals surface area contributed by atoms with Crippen LogP contribution in [0.5, 0.6) is 0 Å². The van der Waals surface area contributed by atoms with Gasteiger partial charge in [0.05, 0.1) is 5.69 Å². The van der Waals surface area contributed by atoms with Crippen molar-refractivity contribution >= 4 is 28.8 Å². The Kier molecular flexibility index (Phi) is 7.70. The first-order valence-corrected chi connectivity index (χ1v) is 23.5. The van der Waals surface area contributed by atoms with Gasteiger partial charge in [0.15, 0.2) is 0 Å². The van der Waals surface area contributed by atoms with E-state index < -0.39 is 0 Å². The Balaban J connectivity index is 1.08. The van der Waals surface area contributed by atoms with E-state index in [9.17, 15) is 0 Å². The molecule has 296 valence electrons. The van der Waals surface area contributed by atoms with E-state index in [1.165, 1.54) is 116 Å². The van der Waals surface area contributed by atoms with Crippen molar-refractivity contribution in [1.82, 2.24) is 0 Å². The van der Waals surface area contributed by atoms with Crippen LogP contribution in [0.3, 0.4) is 0 Å². The average molecular weight is 788 g/mol. The Labute approximate surface area is 356 Å². The van der Waals surface area contributed by atoms with Crippen LogP contribution >= 0.6 is 11.8 Å². The lowest BCUT2D eigenvalue weighted by Crippen LogP contribution is -2.57. The van der Waals surface area contributed by atoms with Crippen molar-refractivity contribution in [2.75, 3.05) is 4.90 Å². The zero-order valence-electron chi connectivity index (χ0n) is 35.7. The van der Waals surface area contributed by atoms with Crippen molar-refractivity contribution in [3.63, 3.8) is 0 Å². The number of nitrogens with zero attached hydrogens (tertiary/aromatic N) is 1. The second-order valence-corrected chi connectivity index (χ2v) is 22.3. The van der Waals surface area contributed by atoms with E-state index in [0.29, 0.717) is 11.8 Å². The highest BCUT2D eigenvalue weighted by atomic mass is 32.2. The van der Waals surface area contributed by atoms with Gasteiger partial charge in [-0.05, 0) is 171 Å². The zero-order valence-corrected chi connectivity index (χ0v) is 36.6. The fourth-order valence-corrected chi connectivity index (χ4v) is 15.3. The molecule has 0 unspecified atom stereocenters. The standard InChI is InChI=1S/C57H57NS/c1-54(2)25-26-55(3,4)53-48(54)17-12-18-50(53)58(41-20-22-44-43-15-10-11-16-45(43)56(5,6)49(44)33-41)42-21-24-47-52(34-42)59-51-32-38(37-13-8-7-9-14-37)19-23-46(51)57(47)39-28-35-27-36(30-39)31-40(57)29-35/h7-24,32-36,39-40H,25-31H2,1-6H3. The quantitative estimate of drug-likeness (QED) is 0.175. The van der Waals surface area contributed by atoms with Gasteiger partial charge in [-0.1, -0.05) is 144 Å². The SMILES string of the molecule is CC1(C)CCC(C)(C)c2c(N(c3ccc4c(c3)Sc3cc(-c5ccccc5)ccc3C43C4CC5CC(C4)CC3C5)c3ccc4c(c3)C(C)(C)c3ccccc3-4)cccc21. The van der Waals surface area contributed by atoms with Gasteiger partial charge in [0.25, 0.3) is 0 Å². The van der Waals surface area contributed by atoms with Crippen molar-refractivity contribution in [2.45, 2.75) is 118 Å². The number of hydrogen-bond acceptors (Lipinski definition) is 2. The molecule has 1 nitrogen and oxygen atoms in total. The summed E-state index contributed by atoms with van der Waals surface area (Å²) in [6, 6.07) is 50.1. The Morgan fingerprint density at radius 1 is 0.475 bits per heavy atom. The van der Waals surface area contributed by atoms with Crippen molar-refractivity contribution in [3.8, 4) is 22.3 Å². The van der Waals surface area contributed by atoms with Crippen LogP contribution in [0.1, 0.15) is 120 Å². The van der Waals surface area contributed by atoms with Crippen LogP contribution in [0, 0.1) is 23.7 Å². The van der Waals surface area contributed by atoms with Gasteiger partial charge in [0.1, 0.15) is 0 Å². The molecular formula is C57H57NS. The molecule has 0 atom stereocenters. The highest BCUT2D eigenvalue weighted by Gasteiger charge is 2.60. The second kappa shape index (κ2) is 12.5. The maximum atomic E-state index is 2.67. The molecule has 1 aliphatic heterocycles.